The van der Waals surface area contributed by atoms with Crippen molar-refractivity contribution in [3.63, 3.8) is 0 Å². The Morgan fingerprint density at radius 3 is 2.64 bits per heavy atom. The van der Waals surface area contributed by atoms with E-state index in [1.165, 1.54) is 7.11 Å². The fourth-order valence-electron chi connectivity index (χ4n) is 5.83. The molecule has 1 aromatic carbocycles. The number of fused-ring (bicyclic) bond motifs is 4. The van der Waals surface area contributed by atoms with Gasteiger partial charge in [-0.15, -0.1) is 0 Å². The van der Waals surface area contributed by atoms with Crippen LogP contribution in [0.2, 0.25) is 0 Å². The Hall–Kier alpha value is -4.87. The van der Waals surface area contributed by atoms with Crippen LogP contribution in [0.3, 0.4) is 0 Å². The van der Waals surface area contributed by atoms with Gasteiger partial charge >= 0.3 is 11.8 Å². The molecule has 0 spiro atoms. The molecule has 12 nitrogen and oxygen atoms in total. The van der Waals surface area contributed by atoms with Gasteiger partial charge in [-0.3, -0.25) is 18.5 Å². The lowest BCUT2D eigenvalue weighted by molar-refractivity contribution is 0.149. The molecule has 198 valence electrons. The summed E-state index contributed by atoms with van der Waals surface area (Å²) in [5, 5.41) is 13.5. The molecule has 0 bridgehead atoms. The van der Waals surface area contributed by atoms with E-state index in [4.69, 9.17) is 9.72 Å². The summed E-state index contributed by atoms with van der Waals surface area (Å²) in [6, 6.07) is 6.14. The zero-order valence-electron chi connectivity index (χ0n) is 22.0. The Bertz CT molecular complexity index is 1980. The Morgan fingerprint density at radius 2 is 1.90 bits per heavy atom. The fourth-order valence-corrected chi connectivity index (χ4v) is 5.83. The van der Waals surface area contributed by atoms with E-state index < -0.39 is 6.09 Å². The molecule has 0 aliphatic heterocycles. The van der Waals surface area contributed by atoms with Gasteiger partial charge in [-0.2, -0.15) is 10.2 Å². The maximum atomic E-state index is 13.6. The second-order valence-electron chi connectivity index (χ2n) is 10.2. The molecule has 1 saturated carbocycles. The van der Waals surface area contributed by atoms with Gasteiger partial charge in [0.05, 0.1) is 53.3 Å². The molecule has 1 fully saturated rings. The molecule has 5 aromatic heterocycles. The highest BCUT2D eigenvalue weighted by Crippen LogP contribution is 2.43. The van der Waals surface area contributed by atoms with Crippen molar-refractivity contribution >= 4 is 39.1 Å². The van der Waals surface area contributed by atoms with Gasteiger partial charge in [0.2, 0.25) is 0 Å². The van der Waals surface area contributed by atoms with E-state index in [0.29, 0.717) is 18.5 Å². The second-order valence-corrected chi connectivity index (χ2v) is 10.2. The molecule has 5 heterocycles. The summed E-state index contributed by atoms with van der Waals surface area (Å²) in [5.41, 5.74) is 6.90. The van der Waals surface area contributed by atoms with Crippen LogP contribution in [0.25, 0.3) is 55.4 Å². The lowest BCUT2D eigenvalue weighted by Crippen LogP contribution is -2.46. The predicted octanol–water partition coefficient (Wildman–Crippen LogP) is 3.23. The van der Waals surface area contributed by atoms with Crippen LogP contribution in [0.4, 0.5) is 4.79 Å². The number of hydrogen-bond donors (Lipinski definition) is 2. The summed E-state index contributed by atoms with van der Waals surface area (Å²) in [7, 11) is 6.92. The van der Waals surface area contributed by atoms with Crippen LogP contribution in [0.15, 0.2) is 47.8 Å². The van der Waals surface area contributed by atoms with Gasteiger partial charge in [0.15, 0.2) is 0 Å². The van der Waals surface area contributed by atoms with Gasteiger partial charge in [0, 0.05) is 55.9 Å². The maximum Gasteiger partial charge on any atom is 0.407 e. The van der Waals surface area contributed by atoms with E-state index in [1.54, 1.807) is 22.5 Å². The molecule has 0 unspecified atom stereocenters. The first-order chi connectivity index (χ1) is 18.8. The number of nitrogens with one attached hydrogen (secondary N) is 2. The number of nitrogens with zero attached hydrogens (tertiary/aromatic N) is 7. The maximum absolute atomic E-state index is 13.6. The Kier molecular flexibility index (Phi) is 4.96. The summed E-state index contributed by atoms with van der Waals surface area (Å²) in [6.07, 6.45) is 8.18. The van der Waals surface area contributed by atoms with Gasteiger partial charge in [-0.25, -0.2) is 14.6 Å². The smallest absolute Gasteiger partial charge is 0.407 e. The third kappa shape index (κ3) is 3.40. The minimum absolute atomic E-state index is 0.0495. The molecule has 2 N–H and O–H groups in total. The summed E-state index contributed by atoms with van der Waals surface area (Å²) in [4.78, 5) is 33.6. The monoisotopic (exact) mass is 525 g/mol. The predicted molar refractivity (Wildman–Crippen MR) is 146 cm³/mol. The summed E-state index contributed by atoms with van der Waals surface area (Å²) in [5.74, 6) is 0. The lowest BCUT2D eigenvalue weighted by Gasteiger charge is -2.36. The van der Waals surface area contributed by atoms with E-state index in [2.05, 4.69) is 38.7 Å². The van der Waals surface area contributed by atoms with Crippen molar-refractivity contribution in [2.45, 2.75) is 24.9 Å². The molecule has 1 amide bonds. The molecular formula is C27H27N9O3. The van der Waals surface area contributed by atoms with Crippen LogP contribution < -0.4 is 11.0 Å². The van der Waals surface area contributed by atoms with Crippen molar-refractivity contribution in [2.24, 2.45) is 21.1 Å². The van der Waals surface area contributed by atoms with E-state index in [0.717, 1.165) is 49.7 Å². The van der Waals surface area contributed by atoms with Crippen molar-refractivity contribution in [1.29, 1.82) is 0 Å². The van der Waals surface area contributed by atoms with Crippen LogP contribution in [0.1, 0.15) is 18.9 Å². The molecule has 7 rings (SSSR count). The van der Waals surface area contributed by atoms with Crippen molar-refractivity contribution in [3.05, 3.63) is 53.5 Å². The topological polar surface area (TPSA) is 130 Å². The minimum Gasteiger partial charge on any atom is -0.453 e. The molecule has 1 aliphatic carbocycles. The second kappa shape index (κ2) is 8.32. The van der Waals surface area contributed by atoms with E-state index in [9.17, 15) is 9.59 Å². The molecule has 0 saturated heterocycles. The third-order valence-electron chi connectivity index (χ3n) is 7.88. The third-order valence-corrected chi connectivity index (χ3v) is 7.88. The Labute approximate surface area is 221 Å². The zero-order valence-corrected chi connectivity index (χ0v) is 22.0. The number of aromatic nitrogens is 8. The minimum atomic E-state index is -0.463. The zero-order chi connectivity index (χ0) is 27.0. The van der Waals surface area contributed by atoms with Crippen LogP contribution >= 0.6 is 0 Å². The van der Waals surface area contributed by atoms with E-state index in [1.807, 2.05) is 41.9 Å². The number of carbonyl (C=O) groups is 1. The van der Waals surface area contributed by atoms with Crippen molar-refractivity contribution in [2.75, 3.05) is 7.11 Å². The average molecular weight is 526 g/mol. The Balaban J connectivity index is 1.50. The normalized spacial score (nSPS) is 17.2. The largest absolute Gasteiger partial charge is 0.453 e. The number of carbonyl (C=O) groups excluding carboxylic acids is 1. The van der Waals surface area contributed by atoms with Crippen LogP contribution in [0.5, 0.6) is 0 Å². The lowest BCUT2D eigenvalue weighted by atomic mass is 9.86. The molecular weight excluding hydrogens is 498 g/mol. The van der Waals surface area contributed by atoms with Gasteiger partial charge in [0.1, 0.15) is 5.65 Å². The number of H-pyrrole nitrogens is 1. The highest BCUT2D eigenvalue weighted by Gasteiger charge is 2.35. The molecule has 0 radical (unpaired) electrons. The number of amides is 1. The number of aromatic amines is 1. The van der Waals surface area contributed by atoms with Gasteiger partial charge in [-0.1, -0.05) is 6.07 Å². The number of hydrogen-bond acceptors (Lipinski definition) is 6. The van der Waals surface area contributed by atoms with Crippen LogP contribution in [-0.4, -0.2) is 57.9 Å². The molecule has 6 aromatic rings. The first-order valence-corrected chi connectivity index (χ1v) is 12.7. The number of aryl methyl sites for hydroxylation is 3. The Morgan fingerprint density at radius 1 is 1.08 bits per heavy atom. The first kappa shape index (κ1) is 23.3. The highest BCUT2D eigenvalue weighted by atomic mass is 16.5. The number of pyridine rings is 1. The fraction of sp³-hybridized carbons (Fsp3) is 0.296. The SMILES string of the molecule is COC(=O)NC1CC(n2c(=O)n(C)c3cnc4[nH]c(-c5cnn(C)c5)c(-c5ccc6c(cnn6C)c5)c4c32)C1. The number of rotatable bonds is 4. The first-order valence-electron chi connectivity index (χ1n) is 12.7. The summed E-state index contributed by atoms with van der Waals surface area (Å²) in [6.45, 7) is 0. The van der Waals surface area contributed by atoms with E-state index >= 15 is 0 Å². The number of benzene rings is 1. The average Bonchev–Trinajstić information content (AvgIpc) is 3.66. The van der Waals surface area contributed by atoms with Gasteiger partial charge in [0.25, 0.3) is 0 Å². The van der Waals surface area contributed by atoms with Gasteiger partial charge < -0.3 is 15.0 Å². The van der Waals surface area contributed by atoms with E-state index in [-0.39, 0.29) is 17.8 Å². The van der Waals surface area contributed by atoms with Crippen LogP contribution in [0, 0.1) is 0 Å². The number of ether oxygens (including phenoxy) is 1. The quantitative estimate of drug-likeness (QED) is 0.364. The molecule has 39 heavy (non-hydrogen) atoms. The van der Waals surface area contributed by atoms with Crippen molar-refractivity contribution < 1.29 is 9.53 Å². The molecule has 0 atom stereocenters. The van der Waals surface area contributed by atoms with Gasteiger partial charge in [-0.05, 0) is 30.5 Å². The highest BCUT2D eigenvalue weighted by molar-refractivity contribution is 6.14. The summed E-state index contributed by atoms with van der Waals surface area (Å²) < 4.78 is 11.9. The van der Waals surface area contributed by atoms with Crippen molar-refractivity contribution in [1.82, 2.24) is 44.0 Å². The number of methoxy groups -OCH3 is 1. The number of imidazole rings is 1. The molecule has 12 heteroatoms. The van der Waals surface area contributed by atoms with Crippen LogP contribution in [-0.2, 0) is 25.9 Å². The standard InChI is InChI=1S/C27H27N9O3/c1-33-13-16(11-29-33)23-21(14-5-6-19-15(7-14)10-30-35(19)3)22-24-20(12-28-25(22)32-23)34(2)27(38)36(24)18-8-17(9-18)31-26(37)39-4/h5-7,10-13,17-18H,8-9H2,1-4H3,(H,28,32)(H,31,37). The van der Waals surface area contributed by atoms with Crippen molar-refractivity contribution in [3.8, 4) is 22.4 Å². The molecule has 1 aliphatic rings. The summed E-state index contributed by atoms with van der Waals surface area (Å²) >= 11 is 0. The number of alkyl carbamates (subject to hydrolysis) is 1.